The Balaban J connectivity index is 0.00000338. The van der Waals surface area contributed by atoms with Gasteiger partial charge in [0.05, 0.1) is 6.54 Å². The molecule has 0 saturated carbocycles. The lowest BCUT2D eigenvalue weighted by atomic mass is 10.3. The molecule has 0 amide bonds. The van der Waals surface area contributed by atoms with Gasteiger partial charge < -0.3 is 20.5 Å². The number of nitrogens with zero attached hydrogens (tertiary/aromatic N) is 2. The molecule has 1 aromatic carbocycles. The van der Waals surface area contributed by atoms with Gasteiger partial charge in [0.15, 0.2) is 5.96 Å². The van der Waals surface area contributed by atoms with Gasteiger partial charge >= 0.3 is 0 Å². The second-order valence-corrected chi connectivity index (χ2v) is 5.24. The lowest BCUT2D eigenvalue weighted by molar-refractivity contribution is 0.145. The summed E-state index contributed by atoms with van der Waals surface area (Å²) in [4.78, 5) is 8.46. The van der Waals surface area contributed by atoms with Gasteiger partial charge in [-0.25, -0.2) is 14.4 Å². The molecule has 0 fully saturated rings. The largest absolute Gasteiger partial charge is 0.439 e. The van der Waals surface area contributed by atoms with Gasteiger partial charge in [0.1, 0.15) is 11.6 Å². The van der Waals surface area contributed by atoms with E-state index in [0.717, 1.165) is 25.1 Å². The Kier molecular flexibility index (Phi) is 10.6. The third kappa shape index (κ3) is 8.43. The number of aromatic nitrogens is 1. The molecular weight excluding hydrogens is 450 g/mol. The molecule has 0 saturated heterocycles. The molecule has 2 rings (SSSR count). The molecule has 0 aliphatic heterocycles. The number of ether oxygens (including phenoxy) is 2. The summed E-state index contributed by atoms with van der Waals surface area (Å²) in [5, 5.41) is 3.03. The molecule has 1 heterocycles. The summed E-state index contributed by atoms with van der Waals surface area (Å²) in [6.45, 7) is 4.53. The lowest BCUT2D eigenvalue weighted by Gasteiger charge is -2.06. The Morgan fingerprint density at radius 1 is 1.23 bits per heavy atom. The summed E-state index contributed by atoms with van der Waals surface area (Å²) >= 11 is 0. The predicted molar refractivity (Wildman–Crippen MR) is 111 cm³/mol. The first-order valence-electron chi connectivity index (χ1n) is 8.17. The number of rotatable bonds is 9. The van der Waals surface area contributed by atoms with Gasteiger partial charge in [-0.2, -0.15) is 0 Å². The minimum Gasteiger partial charge on any atom is -0.439 e. The second-order valence-electron chi connectivity index (χ2n) is 5.24. The first kappa shape index (κ1) is 22.1. The SMILES string of the molecule is CCOCCCNC(N)=NCc1ccc(Oc2ccc(F)cc2)nc1.I. The molecule has 8 heteroatoms. The van der Waals surface area contributed by atoms with Gasteiger partial charge in [-0.15, -0.1) is 24.0 Å². The maximum absolute atomic E-state index is 12.9. The zero-order chi connectivity index (χ0) is 17.9. The number of halogens is 2. The maximum Gasteiger partial charge on any atom is 0.219 e. The summed E-state index contributed by atoms with van der Waals surface area (Å²) < 4.78 is 23.6. The quantitative estimate of drug-likeness (QED) is 0.252. The number of nitrogens with one attached hydrogen (secondary N) is 1. The van der Waals surface area contributed by atoms with E-state index in [9.17, 15) is 4.39 Å². The van der Waals surface area contributed by atoms with Crippen LogP contribution in [0.25, 0.3) is 0 Å². The van der Waals surface area contributed by atoms with Crippen molar-refractivity contribution in [1.29, 1.82) is 0 Å². The number of hydrogen-bond acceptors (Lipinski definition) is 4. The van der Waals surface area contributed by atoms with Crippen molar-refractivity contribution in [2.75, 3.05) is 19.8 Å². The van der Waals surface area contributed by atoms with E-state index in [1.165, 1.54) is 12.1 Å². The molecule has 2 aromatic rings. The van der Waals surface area contributed by atoms with Crippen LogP contribution in [0, 0.1) is 5.82 Å². The third-order valence-corrected chi connectivity index (χ3v) is 3.24. The van der Waals surface area contributed by atoms with E-state index in [1.807, 2.05) is 13.0 Å². The fourth-order valence-corrected chi connectivity index (χ4v) is 1.96. The molecule has 0 spiro atoms. The fourth-order valence-electron chi connectivity index (χ4n) is 1.96. The first-order valence-corrected chi connectivity index (χ1v) is 8.17. The van der Waals surface area contributed by atoms with Crippen LogP contribution < -0.4 is 15.8 Å². The molecule has 142 valence electrons. The van der Waals surface area contributed by atoms with Crippen LogP contribution in [-0.4, -0.2) is 30.7 Å². The molecular formula is C18H24FIN4O2. The van der Waals surface area contributed by atoms with Crippen LogP contribution in [0.5, 0.6) is 11.6 Å². The Morgan fingerprint density at radius 3 is 2.65 bits per heavy atom. The summed E-state index contributed by atoms with van der Waals surface area (Å²) in [6, 6.07) is 9.36. The van der Waals surface area contributed by atoms with Gasteiger partial charge in [-0.3, -0.25) is 0 Å². The Morgan fingerprint density at radius 2 is 2.00 bits per heavy atom. The van der Waals surface area contributed by atoms with Crippen molar-refractivity contribution in [2.45, 2.75) is 19.9 Å². The van der Waals surface area contributed by atoms with E-state index in [2.05, 4.69) is 15.3 Å². The molecule has 1 aromatic heterocycles. The zero-order valence-corrected chi connectivity index (χ0v) is 17.0. The molecule has 0 radical (unpaired) electrons. The van der Waals surface area contributed by atoms with Crippen molar-refractivity contribution in [1.82, 2.24) is 10.3 Å². The standard InChI is InChI=1S/C18H23FN4O2.HI/c1-2-24-11-3-10-21-18(20)23-13-14-4-9-17(22-12-14)25-16-7-5-15(19)6-8-16;/h4-9,12H,2-3,10-11,13H2,1H3,(H3,20,21,23);1H. The van der Waals surface area contributed by atoms with Crippen LogP contribution in [0.4, 0.5) is 4.39 Å². The number of pyridine rings is 1. The highest BCUT2D eigenvalue weighted by Gasteiger charge is 2.00. The van der Waals surface area contributed by atoms with Crippen molar-refractivity contribution >= 4 is 29.9 Å². The number of benzene rings is 1. The third-order valence-electron chi connectivity index (χ3n) is 3.24. The molecule has 0 aliphatic carbocycles. The summed E-state index contributed by atoms with van der Waals surface area (Å²) in [5.41, 5.74) is 6.71. The van der Waals surface area contributed by atoms with Crippen molar-refractivity contribution in [3.05, 3.63) is 54.0 Å². The highest BCUT2D eigenvalue weighted by molar-refractivity contribution is 14.0. The van der Waals surface area contributed by atoms with Crippen molar-refractivity contribution in [3.8, 4) is 11.6 Å². The van der Waals surface area contributed by atoms with E-state index in [0.29, 0.717) is 30.7 Å². The van der Waals surface area contributed by atoms with E-state index < -0.39 is 0 Å². The molecule has 6 nitrogen and oxygen atoms in total. The van der Waals surface area contributed by atoms with Crippen molar-refractivity contribution in [2.24, 2.45) is 10.7 Å². The van der Waals surface area contributed by atoms with Gasteiger partial charge in [-0.05, 0) is 43.2 Å². The molecule has 26 heavy (non-hydrogen) atoms. The summed E-state index contributed by atoms with van der Waals surface area (Å²) in [7, 11) is 0. The van der Waals surface area contributed by atoms with E-state index in [1.54, 1.807) is 24.4 Å². The Hall–Kier alpha value is -1.94. The minimum atomic E-state index is -0.308. The van der Waals surface area contributed by atoms with Crippen molar-refractivity contribution < 1.29 is 13.9 Å². The lowest BCUT2D eigenvalue weighted by Crippen LogP contribution is -2.32. The second kappa shape index (κ2) is 12.4. The van der Waals surface area contributed by atoms with E-state index in [4.69, 9.17) is 15.2 Å². The summed E-state index contributed by atoms with van der Waals surface area (Å²) in [6.07, 6.45) is 2.55. The van der Waals surface area contributed by atoms with Crippen LogP contribution in [-0.2, 0) is 11.3 Å². The van der Waals surface area contributed by atoms with Gasteiger partial charge in [0.25, 0.3) is 0 Å². The monoisotopic (exact) mass is 474 g/mol. The molecule has 0 atom stereocenters. The maximum atomic E-state index is 12.9. The van der Waals surface area contributed by atoms with Crippen LogP contribution in [0.3, 0.4) is 0 Å². The van der Waals surface area contributed by atoms with Gasteiger partial charge in [0, 0.05) is 32.0 Å². The van der Waals surface area contributed by atoms with Crippen LogP contribution in [0.1, 0.15) is 18.9 Å². The number of aliphatic imine (C=N–C) groups is 1. The van der Waals surface area contributed by atoms with Crippen LogP contribution in [0.2, 0.25) is 0 Å². The topological polar surface area (TPSA) is 81.8 Å². The average Bonchev–Trinajstić information content (AvgIpc) is 2.63. The predicted octanol–water partition coefficient (Wildman–Crippen LogP) is 3.46. The molecule has 0 unspecified atom stereocenters. The smallest absolute Gasteiger partial charge is 0.219 e. The number of guanidine groups is 1. The molecule has 3 N–H and O–H groups in total. The Labute approximate surface area is 170 Å². The van der Waals surface area contributed by atoms with Crippen molar-refractivity contribution in [3.63, 3.8) is 0 Å². The first-order chi connectivity index (χ1) is 12.2. The fraction of sp³-hybridized carbons (Fsp3) is 0.333. The highest BCUT2D eigenvalue weighted by atomic mass is 127. The zero-order valence-electron chi connectivity index (χ0n) is 14.7. The number of hydrogen-bond donors (Lipinski definition) is 2. The highest BCUT2D eigenvalue weighted by Crippen LogP contribution is 2.19. The average molecular weight is 474 g/mol. The Bertz CT molecular complexity index is 666. The molecule has 0 aliphatic rings. The number of nitrogens with two attached hydrogens (primary N) is 1. The van der Waals surface area contributed by atoms with Crippen LogP contribution >= 0.6 is 24.0 Å². The van der Waals surface area contributed by atoms with Gasteiger partial charge in [-0.1, -0.05) is 6.07 Å². The van der Waals surface area contributed by atoms with E-state index >= 15 is 0 Å². The molecule has 0 bridgehead atoms. The van der Waals surface area contributed by atoms with E-state index in [-0.39, 0.29) is 29.8 Å². The minimum absolute atomic E-state index is 0. The van der Waals surface area contributed by atoms with Gasteiger partial charge in [0.2, 0.25) is 5.88 Å². The normalized spacial score (nSPS) is 10.9. The van der Waals surface area contributed by atoms with Crippen LogP contribution in [0.15, 0.2) is 47.6 Å². The summed E-state index contributed by atoms with van der Waals surface area (Å²) in [5.74, 6) is 1.04.